The summed E-state index contributed by atoms with van der Waals surface area (Å²) in [5.41, 5.74) is 7.23. The second kappa shape index (κ2) is 9.66. The zero-order valence-electron chi connectivity index (χ0n) is 25.3. The van der Waals surface area contributed by atoms with Gasteiger partial charge < -0.3 is 0 Å². The predicted octanol–water partition coefficient (Wildman–Crippen LogP) is 12.5. The Hall–Kier alpha value is -5.24. The molecular weight excluding hydrogens is 537 g/mol. The Bertz CT molecular complexity index is 2570. The molecule has 0 spiro atoms. The molecule has 0 amide bonds. The quantitative estimate of drug-likeness (QED) is 0.187. The van der Waals surface area contributed by atoms with Crippen molar-refractivity contribution in [1.82, 2.24) is 0 Å². The van der Waals surface area contributed by atoms with E-state index in [-0.39, 0.29) is 0 Å². The molecule has 1 heterocycles. The molecule has 200 valence electrons. The minimum atomic E-state index is 0.529. The van der Waals surface area contributed by atoms with Gasteiger partial charge in [0, 0.05) is 20.2 Å². The lowest BCUT2D eigenvalue weighted by Gasteiger charge is -2.20. The van der Waals surface area contributed by atoms with Crippen molar-refractivity contribution in [1.29, 1.82) is 0 Å². The highest BCUT2D eigenvalue weighted by atomic mass is 32.1. The summed E-state index contributed by atoms with van der Waals surface area (Å²) in [7, 11) is 0. The van der Waals surface area contributed by atoms with E-state index in [4.69, 9.17) is 2.74 Å². The summed E-state index contributed by atoms with van der Waals surface area (Å²) in [6.45, 7) is 0. The molecule has 9 rings (SSSR count). The third kappa shape index (κ3) is 3.82. The van der Waals surface area contributed by atoms with Gasteiger partial charge in [0.2, 0.25) is 0 Å². The van der Waals surface area contributed by atoms with Crippen molar-refractivity contribution < 1.29 is 2.74 Å². The molecule has 1 aromatic heterocycles. The largest absolute Gasteiger partial charge is 0.135 e. The maximum atomic E-state index is 8.44. The van der Waals surface area contributed by atoms with Crippen LogP contribution < -0.4 is 0 Å². The van der Waals surface area contributed by atoms with Crippen molar-refractivity contribution in [2.75, 3.05) is 0 Å². The Kier molecular flexibility index (Phi) is 5.03. The molecular formula is C42H26S. The van der Waals surface area contributed by atoms with Crippen LogP contribution in [0, 0.1) is 0 Å². The summed E-state index contributed by atoms with van der Waals surface area (Å²) < 4.78 is 18.8. The zero-order valence-corrected chi connectivity index (χ0v) is 24.1. The van der Waals surface area contributed by atoms with E-state index in [2.05, 4.69) is 121 Å². The van der Waals surface area contributed by atoms with Crippen molar-refractivity contribution in [2.45, 2.75) is 0 Å². The third-order valence-corrected chi connectivity index (χ3v) is 9.83. The molecule has 0 saturated heterocycles. The molecule has 0 aliphatic heterocycles. The Balaban J connectivity index is 1.33. The fraction of sp³-hybridized carbons (Fsp3) is 0. The molecule has 43 heavy (non-hydrogen) atoms. The van der Waals surface area contributed by atoms with Gasteiger partial charge in [0.1, 0.15) is 0 Å². The summed E-state index contributed by atoms with van der Waals surface area (Å²) in [6.07, 6.45) is 0. The topological polar surface area (TPSA) is 0 Å². The minimum absolute atomic E-state index is 0.529. The fourth-order valence-electron chi connectivity index (χ4n) is 6.79. The number of fused-ring (bicyclic) bond motifs is 6. The molecule has 0 N–H and O–H groups in total. The van der Waals surface area contributed by atoms with Crippen LogP contribution in [0.5, 0.6) is 0 Å². The van der Waals surface area contributed by atoms with Gasteiger partial charge in [0.15, 0.2) is 0 Å². The fourth-order valence-corrected chi connectivity index (χ4v) is 7.84. The first-order chi connectivity index (χ1) is 22.1. The summed E-state index contributed by atoms with van der Waals surface area (Å²) in [5, 5.41) is 9.47. The molecule has 0 aliphatic rings. The van der Waals surface area contributed by atoms with Crippen LogP contribution in [0.4, 0.5) is 0 Å². The normalized spacial score (nSPS) is 12.4. The van der Waals surface area contributed by atoms with Crippen LogP contribution in [-0.2, 0) is 0 Å². The van der Waals surface area contributed by atoms with Crippen LogP contribution in [-0.4, -0.2) is 0 Å². The van der Waals surface area contributed by atoms with Gasteiger partial charge in [0.25, 0.3) is 0 Å². The number of hydrogen-bond acceptors (Lipinski definition) is 1. The Morgan fingerprint density at radius 2 is 1.05 bits per heavy atom. The van der Waals surface area contributed by atoms with Crippen molar-refractivity contribution in [3.8, 4) is 33.4 Å². The second-order valence-electron chi connectivity index (χ2n) is 11.1. The molecule has 0 aliphatic carbocycles. The molecule has 0 fully saturated rings. The summed E-state index contributed by atoms with van der Waals surface area (Å²) in [6, 6.07) is 52.7. The summed E-state index contributed by atoms with van der Waals surface area (Å²) in [5.74, 6) is 0. The first kappa shape index (κ1) is 22.4. The Labute approximate surface area is 256 Å². The molecule has 0 nitrogen and oxygen atoms in total. The minimum Gasteiger partial charge on any atom is -0.135 e. The standard InChI is InChI=1S/C42H26S/c1-2-12-28-25-30(22-21-27(28)11-1)41-34-16-5-7-18-36(34)42(37-19-8-6-17-35(37)41)33-15-4-3-13-31(33)29-23-24-40-38(26-29)32-14-9-10-20-39(32)43-40/h1-26H/i1D,20D. The average molecular weight is 565 g/mol. The first-order valence-electron chi connectivity index (χ1n) is 15.6. The van der Waals surface area contributed by atoms with E-state index >= 15 is 0 Å². The lowest BCUT2D eigenvalue weighted by atomic mass is 9.83. The van der Waals surface area contributed by atoms with E-state index in [1.54, 1.807) is 11.3 Å². The number of rotatable bonds is 3. The molecule has 0 atom stereocenters. The van der Waals surface area contributed by atoms with E-state index in [0.29, 0.717) is 12.1 Å². The first-order valence-corrected chi connectivity index (χ1v) is 15.4. The van der Waals surface area contributed by atoms with E-state index in [0.717, 1.165) is 20.9 Å². The SMILES string of the molecule is [2H]c1ccc2cc(-c3c4ccccc4c(-c4ccccc4-c4ccc5sc6c([2H])cccc6c5c4)c4ccccc34)ccc2c1. The van der Waals surface area contributed by atoms with Crippen LogP contribution in [0.1, 0.15) is 2.74 Å². The molecule has 0 saturated carbocycles. The molecule has 9 aromatic rings. The Morgan fingerprint density at radius 1 is 0.395 bits per heavy atom. The monoisotopic (exact) mass is 564 g/mol. The van der Waals surface area contributed by atoms with Crippen molar-refractivity contribution in [3.63, 3.8) is 0 Å². The van der Waals surface area contributed by atoms with Gasteiger partial charge in [-0.15, -0.1) is 11.3 Å². The number of thiophene rings is 1. The molecule has 0 radical (unpaired) electrons. The lowest BCUT2D eigenvalue weighted by Crippen LogP contribution is -1.92. The van der Waals surface area contributed by atoms with Crippen molar-refractivity contribution in [3.05, 3.63) is 158 Å². The highest BCUT2D eigenvalue weighted by Gasteiger charge is 2.19. The van der Waals surface area contributed by atoms with Gasteiger partial charge in [-0.2, -0.15) is 0 Å². The smallest absolute Gasteiger partial charge is 0.0638 e. The van der Waals surface area contributed by atoms with Crippen LogP contribution >= 0.6 is 11.3 Å². The number of benzene rings is 8. The molecule has 8 aromatic carbocycles. The van der Waals surface area contributed by atoms with Gasteiger partial charge in [-0.05, 0) is 89.9 Å². The second-order valence-corrected chi connectivity index (χ2v) is 12.2. The van der Waals surface area contributed by atoms with Gasteiger partial charge >= 0.3 is 0 Å². The number of hydrogen-bond donors (Lipinski definition) is 0. The van der Waals surface area contributed by atoms with Crippen molar-refractivity contribution in [2.24, 2.45) is 0 Å². The summed E-state index contributed by atoms with van der Waals surface area (Å²) >= 11 is 1.70. The van der Waals surface area contributed by atoms with Crippen LogP contribution in [0.2, 0.25) is 0 Å². The summed E-state index contributed by atoms with van der Waals surface area (Å²) in [4.78, 5) is 0. The van der Waals surface area contributed by atoms with Gasteiger partial charge in [-0.3, -0.25) is 0 Å². The van der Waals surface area contributed by atoms with Crippen LogP contribution in [0.15, 0.2) is 158 Å². The molecule has 1 heteroatoms. The Morgan fingerprint density at radius 3 is 1.84 bits per heavy atom. The van der Waals surface area contributed by atoms with Crippen LogP contribution in [0.25, 0.3) is 85.9 Å². The molecule has 0 bridgehead atoms. The zero-order chi connectivity index (χ0) is 30.1. The highest BCUT2D eigenvalue weighted by molar-refractivity contribution is 7.25. The van der Waals surface area contributed by atoms with E-state index < -0.39 is 0 Å². The van der Waals surface area contributed by atoms with Gasteiger partial charge in [-0.25, -0.2) is 0 Å². The maximum Gasteiger partial charge on any atom is 0.0638 e. The predicted molar refractivity (Wildman–Crippen MR) is 188 cm³/mol. The lowest BCUT2D eigenvalue weighted by molar-refractivity contribution is 1.63. The maximum absolute atomic E-state index is 8.44. The van der Waals surface area contributed by atoms with E-state index in [9.17, 15) is 0 Å². The van der Waals surface area contributed by atoms with E-state index in [1.165, 1.54) is 65.0 Å². The van der Waals surface area contributed by atoms with Gasteiger partial charge in [-0.1, -0.05) is 133 Å². The van der Waals surface area contributed by atoms with Gasteiger partial charge in [0.05, 0.1) is 2.74 Å². The van der Waals surface area contributed by atoms with E-state index in [1.807, 2.05) is 24.3 Å². The highest BCUT2D eigenvalue weighted by Crippen LogP contribution is 2.47. The third-order valence-electron chi connectivity index (χ3n) is 8.71. The van der Waals surface area contributed by atoms with Crippen LogP contribution in [0.3, 0.4) is 0 Å². The molecule has 0 unspecified atom stereocenters. The average Bonchev–Trinajstić information content (AvgIpc) is 3.46. The van der Waals surface area contributed by atoms with Crippen molar-refractivity contribution >= 4 is 63.8 Å².